The number of imidazole rings is 1. The minimum Gasteiger partial charge on any atom is -0.492 e. The van der Waals surface area contributed by atoms with Gasteiger partial charge in [-0.2, -0.15) is 0 Å². The molecule has 0 atom stereocenters. The van der Waals surface area contributed by atoms with Gasteiger partial charge in [-0.15, -0.1) is 0 Å². The van der Waals surface area contributed by atoms with Crippen LogP contribution in [0.1, 0.15) is 6.92 Å². The highest BCUT2D eigenvalue weighted by Crippen LogP contribution is 2.24. The number of aromatic nitrogens is 2. The van der Waals surface area contributed by atoms with Gasteiger partial charge in [-0.25, -0.2) is 9.18 Å². The third kappa shape index (κ3) is 1.97. The van der Waals surface area contributed by atoms with E-state index in [2.05, 4.69) is 4.98 Å². The van der Waals surface area contributed by atoms with Crippen molar-refractivity contribution in [2.24, 2.45) is 0 Å². The molecule has 20 heavy (non-hydrogen) atoms. The van der Waals surface area contributed by atoms with Crippen LogP contribution in [0.4, 0.5) is 4.39 Å². The van der Waals surface area contributed by atoms with E-state index in [0.29, 0.717) is 29.1 Å². The molecule has 0 unspecified atom stereocenters. The third-order valence-corrected chi connectivity index (χ3v) is 3.05. The number of hydrogen-bond donors (Lipinski definition) is 1. The molecule has 0 spiro atoms. The second-order valence-electron chi connectivity index (χ2n) is 4.33. The van der Waals surface area contributed by atoms with Gasteiger partial charge in [0, 0.05) is 0 Å². The number of hydrogen-bond acceptors (Lipinski definition) is 2. The Balaban J connectivity index is 2.30. The molecule has 0 aliphatic carbocycles. The summed E-state index contributed by atoms with van der Waals surface area (Å²) in [5, 5.41) is 0. The van der Waals surface area contributed by atoms with Crippen molar-refractivity contribution in [3.05, 3.63) is 58.8 Å². The van der Waals surface area contributed by atoms with Crippen LogP contribution in [-0.4, -0.2) is 16.2 Å². The quantitative estimate of drug-likeness (QED) is 0.797. The number of aromatic amines is 1. The number of nitrogens with one attached hydrogen (secondary N) is 1. The summed E-state index contributed by atoms with van der Waals surface area (Å²) in [7, 11) is 0. The molecule has 0 aliphatic heterocycles. The summed E-state index contributed by atoms with van der Waals surface area (Å²) in [5.74, 6) is 0.228. The summed E-state index contributed by atoms with van der Waals surface area (Å²) in [6.45, 7) is 2.38. The van der Waals surface area contributed by atoms with E-state index in [1.54, 1.807) is 18.2 Å². The Kier molecular flexibility index (Phi) is 3.02. The van der Waals surface area contributed by atoms with E-state index in [4.69, 9.17) is 4.74 Å². The van der Waals surface area contributed by atoms with E-state index < -0.39 is 0 Å². The van der Waals surface area contributed by atoms with Gasteiger partial charge in [0.05, 0.1) is 23.3 Å². The molecule has 0 saturated heterocycles. The van der Waals surface area contributed by atoms with Gasteiger partial charge in [0.25, 0.3) is 0 Å². The van der Waals surface area contributed by atoms with Crippen LogP contribution in [0, 0.1) is 5.82 Å². The molecule has 0 radical (unpaired) electrons. The van der Waals surface area contributed by atoms with Crippen LogP contribution in [0.3, 0.4) is 0 Å². The Labute approximate surface area is 114 Å². The second-order valence-corrected chi connectivity index (χ2v) is 4.33. The summed E-state index contributed by atoms with van der Waals surface area (Å²) in [5.41, 5.74) is 1.39. The van der Waals surface area contributed by atoms with Gasteiger partial charge < -0.3 is 9.72 Å². The standard InChI is InChI=1S/C15H13FN2O2/c1-2-20-14-6-4-3-5-13(14)18-12-8-7-10(16)9-11(12)17-15(18)19/h3-9H,2H2,1H3,(H,17,19). The Morgan fingerprint density at radius 3 is 2.85 bits per heavy atom. The van der Waals surface area contributed by atoms with Crippen molar-refractivity contribution in [3.63, 3.8) is 0 Å². The lowest BCUT2D eigenvalue weighted by Crippen LogP contribution is -2.15. The average molecular weight is 272 g/mol. The molecule has 0 amide bonds. The summed E-state index contributed by atoms with van der Waals surface area (Å²) in [6, 6.07) is 11.5. The lowest BCUT2D eigenvalue weighted by atomic mass is 10.2. The van der Waals surface area contributed by atoms with Crippen LogP contribution in [0.2, 0.25) is 0 Å². The number of benzene rings is 2. The molecule has 0 saturated carbocycles. The molecule has 1 heterocycles. The van der Waals surface area contributed by atoms with Crippen molar-refractivity contribution in [3.8, 4) is 11.4 Å². The molecular formula is C15H13FN2O2. The van der Waals surface area contributed by atoms with E-state index in [1.165, 1.54) is 16.7 Å². The van der Waals surface area contributed by atoms with E-state index in [-0.39, 0.29) is 11.5 Å². The normalized spacial score (nSPS) is 10.9. The first kappa shape index (κ1) is 12.5. The van der Waals surface area contributed by atoms with Crippen LogP contribution in [-0.2, 0) is 0 Å². The molecule has 3 rings (SSSR count). The highest BCUT2D eigenvalue weighted by molar-refractivity contribution is 5.78. The Morgan fingerprint density at radius 1 is 1.25 bits per heavy atom. The second kappa shape index (κ2) is 4.85. The van der Waals surface area contributed by atoms with Crippen molar-refractivity contribution in [1.29, 1.82) is 0 Å². The molecule has 5 heteroatoms. The zero-order valence-electron chi connectivity index (χ0n) is 10.9. The van der Waals surface area contributed by atoms with Crippen molar-refractivity contribution in [2.45, 2.75) is 6.92 Å². The molecule has 2 aromatic carbocycles. The summed E-state index contributed by atoms with van der Waals surface area (Å²) < 4.78 is 20.3. The largest absolute Gasteiger partial charge is 0.492 e. The Morgan fingerprint density at radius 2 is 2.05 bits per heavy atom. The van der Waals surface area contributed by atoms with Gasteiger partial charge in [0.1, 0.15) is 11.6 Å². The van der Waals surface area contributed by atoms with Gasteiger partial charge in [-0.1, -0.05) is 12.1 Å². The lowest BCUT2D eigenvalue weighted by molar-refractivity contribution is 0.339. The maximum absolute atomic E-state index is 13.2. The van der Waals surface area contributed by atoms with E-state index in [0.717, 1.165) is 0 Å². The van der Waals surface area contributed by atoms with E-state index >= 15 is 0 Å². The molecule has 1 aromatic heterocycles. The van der Waals surface area contributed by atoms with E-state index in [1.807, 2.05) is 19.1 Å². The van der Waals surface area contributed by atoms with Crippen LogP contribution < -0.4 is 10.4 Å². The summed E-state index contributed by atoms with van der Waals surface area (Å²) in [4.78, 5) is 14.8. The number of nitrogens with zero attached hydrogens (tertiary/aromatic N) is 1. The minimum atomic E-state index is -0.385. The Bertz CT molecular complexity index is 820. The topological polar surface area (TPSA) is 47.0 Å². The van der Waals surface area contributed by atoms with Gasteiger partial charge >= 0.3 is 5.69 Å². The molecular weight excluding hydrogens is 259 g/mol. The van der Waals surface area contributed by atoms with Crippen molar-refractivity contribution < 1.29 is 9.13 Å². The van der Waals surface area contributed by atoms with Crippen LogP contribution in [0.25, 0.3) is 16.7 Å². The fourth-order valence-corrected chi connectivity index (χ4v) is 2.24. The van der Waals surface area contributed by atoms with Gasteiger partial charge in [0.15, 0.2) is 0 Å². The highest BCUT2D eigenvalue weighted by atomic mass is 19.1. The first-order valence-electron chi connectivity index (χ1n) is 6.33. The maximum atomic E-state index is 13.2. The molecule has 4 nitrogen and oxygen atoms in total. The van der Waals surface area contributed by atoms with Crippen molar-refractivity contribution >= 4 is 11.0 Å². The number of H-pyrrole nitrogens is 1. The monoisotopic (exact) mass is 272 g/mol. The number of fused-ring (bicyclic) bond motifs is 1. The Hall–Kier alpha value is -2.56. The van der Waals surface area contributed by atoms with Crippen LogP contribution in [0.15, 0.2) is 47.3 Å². The number of halogens is 1. The van der Waals surface area contributed by atoms with Gasteiger partial charge in [-0.3, -0.25) is 4.57 Å². The average Bonchev–Trinajstić information content (AvgIpc) is 2.75. The molecule has 0 bridgehead atoms. The SMILES string of the molecule is CCOc1ccccc1-n1c(=O)[nH]c2cc(F)ccc21. The van der Waals surface area contributed by atoms with Gasteiger partial charge in [-0.05, 0) is 37.3 Å². The lowest BCUT2D eigenvalue weighted by Gasteiger charge is -2.10. The molecule has 0 fully saturated rings. The molecule has 3 aromatic rings. The smallest absolute Gasteiger partial charge is 0.331 e. The highest BCUT2D eigenvalue weighted by Gasteiger charge is 2.13. The zero-order valence-corrected chi connectivity index (χ0v) is 10.9. The molecule has 1 N–H and O–H groups in total. The first-order valence-corrected chi connectivity index (χ1v) is 6.33. The van der Waals surface area contributed by atoms with E-state index in [9.17, 15) is 9.18 Å². The van der Waals surface area contributed by atoms with Crippen LogP contribution in [0.5, 0.6) is 5.75 Å². The van der Waals surface area contributed by atoms with Crippen molar-refractivity contribution in [2.75, 3.05) is 6.61 Å². The van der Waals surface area contributed by atoms with Gasteiger partial charge in [0.2, 0.25) is 0 Å². The zero-order chi connectivity index (χ0) is 14.1. The number of rotatable bonds is 3. The minimum absolute atomic E-state index is 0.322. The third-order valence-electron chi connectivity index (χ3n) is 3.05. The summed E-state index contributed by atoms with van der Waals surface area (Å²) in [6.07, 6.45) is 0. The first-order chi connectivity index (χ1) is 9.70. The predicted octanol–water partition coefficient (Wildman–Crippen LogP) is 2.86. The predicted molar refractivity (Wildman–Crippen MR) is 75.0 cm³/mol. The molecule has 0 aliphatic rings. The fraction of sp³-hybridized carbons (Fsp3) is 0.133. The maximum Gasteiger partial charge on any atom is 0.331 e. The number of para-hydroxylation sites is 2. The summed E-state index contributed by atoms with van der Waals surface area (Å²) >= 11 is 0. The fourth-order valence-electron chi connectivity index (χ4n) is 2.24. The number of ether oxygens (including phenoxy) is 1. The molecule has 102 valence electrons. The van der Waals surface area contributed by atoms with Crippen LogP contribution >= 0.6 is 0 Å². The van der Waals surface area contributed by atoms with Crippen molar-refractivity contribution in [1.82, 2.24) is 9.55 Å².